The lowest BCUT2D eigenvalue weighted by molar-refractivity contribution is -0.154. The van der Waals surface area contributed by atoms with Crippen LogP contribution >= 0.6 is 12.6 Å². The van der Waals surface area contributed by atoms with E-state index in [-0.39, 0.29) is 5.91 Å². The van der Waals surface area contributed by atoms with Gasteiger partial charge in [0.1, 0.15) is 0 Å². The van der Waals surface area contributed by atoms with Gasteiger partial charge in [-0.1, -0.05) is 0 Å². The number of nitrogens with zero attached hydrogens (tertiary/aromatic N) is 2. The second kappa shape index (κ2) is 4.50. The summed E-state index contributed by atoms with van der Waals surface area (Å²) < 4.78 is 0. The lowest BCUT2D eigenvalue weighted by atomic mass is 10.3. The molecule has 0 spiro atoms. The molecule has 0 saturated carbocycles. The Bertz CT molecular complexity index is 218. The first-order valence-electron chi connectivity index (χ1n) is 4.32. The number of hydrogen-bond donors (Lipinski definition) is 1. The van der Waals surface area contributed by atoms with Gasteiger partial charge in [0.25, 0.3) is 0 Å². The molecule has 5 heteroatoms. The van der Waals surface area contributed by atoms with Crippen molar-refractivity contribution < 1.29 is 9.59 Å². The first-order valence-corrected chi connectivity index (χ1v) is 4.95. The second-order valence-electron chi connectivity index (χ2n) is 3.10. The molecule has 0 aromatic heterocycles. The molecule has 1 aliphatic rings. The number of amides is 2. The maximum atomic E-state index is 11.4. The Hall–Kier alpha value is -0.710. The number of carbonyl (C=O) groups is 2. The van der Waals surface area contributed by atoms with Crippen LogP contribution in [0, 0.1) is 0 Å². The van der Waals surface area contributed by atoms with Crippen LogP contribution in [0.5, 0.6) is 0 Å². The number of carbonyl (C=O) groups excluding carboxylic acids is 2. The highest BCUT2D eigenvalue weighted by atomic mass is 32.1. The fraction of sp³-hybridized carbons (Fsp3) is 0.750. The van der Waals surface area contributed by atoms with E-state index < -0.39 is 5.91 Å². The van der Waals surface area contributed by atoms with Gasteiger partial charge >= 0.3 is 11.8 Å². The van der Waals surface area contributed by atoms with Gasteiger partial charge in [0, 0.05) is 26.7 Å². The second-order valence-corrected chi connectivity index (χ2v) is 3.54. The van der Waals surface area contributed by atoms with E-state index in [0.717, 1.165) is 12.2 Å². The molecule has 1 aliphatic heterocycles. The molecule has 4 nitrogen and oxygen atoms in total. The predicted octanol–water partition coefficient (Wildman–Crippen LogP) is -0.393. The lowest BCUT2D eigenvalue weighted by Crippen LogP contribution is -2.52. The van der Waals surface area contributed by atoms with Crippen molar-refractivity contribution in [3.63, 3.8) is 0 Å². The zero-order valence-corrected chi connectivity index (χ0v) is 8.59. The molecule has 0 atom stereocenters. The molecular weight excluding hydrogens is 188 g/mol. The average molecular weight is 202 g/mol. The van der Waals surface area contributed by atoms with E-state index in [1.165, 1.54) is 4.90 Å². The molecule has 13 heavy (non-hydrogen) atoms. The molecule has 74 valence electrons. The molecule has 1 saturated heterocycles. The van der Waals surface area contributed by atoms with Crippen molar-refractivity contribution in [2.45, 2.75) is 6.42 Å². The smallest absolute Gasteiger partial charge is 0.312 e. The van der Waals surface area contributed by atoms with Crippen LogP contribution in [0.2, 0.25) is 0 Å². The SMILES string of the molecule is CN1CCN(CCCS)C(=O)C1=O. The van der Waals surface area contributed by atoms with Crippen molar-refractivity contribution in [1.82, 2.24) is 9.80 Å². The van der Waals surface area contributed by atoms with Crippen LogP contribution in [0.15, 0.2) is 0 Å². The number of hydrogen-bond acceptors (Lipinski definition) is 3. The maximum Gasteiger partial charge on any atom is 0.312 e. The van der Waals surface area contributed by atoms with E-state index in [9.17, 15) is 9.59 Å². The minimum atomic E-state index is -0.398. The third-order valence-electron chi connectivity index (χ3n) is 2.11. The van der Waals surface area contributed by atoms with Crippen LogP contribution < -0.4 is 0 Å². The Morgan fingerprint density at radius 3 is 2.62 bits per heavy atom. The quantitative estimate of drug-likeness (QED) is 0.500. The standard InChI is InChI=1S/C8H14N2O2S/c1-9-4-5-10(3-2-6-13)8(12)7(9)11/h13H,2-6H2,1H3. The van der Waals surface area contributed by atoms with E-state index in [1.807, 2.05) is 0 Å². The van der Waals surface area contributed by atoms with Gasteiger partial charge in [0.05, 0.1) is 0 Å². The van der Waals surface area contributed by atoms with Crippen molar-refractivity contribution in [1.29, 1.82) is 0 Å². The van der Waals surface area contributed by atoms with Crippen LogP contribution in [0.1, 0.15) is 6.42 Å². The van der Waals surface area contributed by atoms with Crippen LogP contribution in [-0.4, -0.2) is 54.0 Å². The van der Waals surface area contributed by atoms with Gasteiger partial charge in [-0.2, -0.15) is 12.6 Å². The topological polar surface area (TPSA) is 40.6 Å². The summed E-state index contributed by atoms with van der Waals surface area (Å²) in [6.45, 7) is 1.92. The Morgan fingerprint density at radius 2 is 2.00 bits per heavy atom. The summed E-state index contributed by atoms with van der Waals surface area (Å²) in [6.07, 6.45) is 0.839. The van der Waals surface area contributed by atoms with Gasteiger partial charge in [-0.15, -0.1) is 0 Å². The molecule has 1 fully saturated rings. The zero-order valence-electron chi connectivity index (χ0n) is 7.69. The summed E-state index contributed by atoms with van der Waals surface area (Å²) in [7, 11) is 1.65. The Balaban J connectivity index is 2.49. The van der Waals surface area contributed by atoms with Crippen molar-refractivity contribution in [2.24, 2.45) is 0 Å². The number of likely N-dealkylation sites (N-methyl/N-ethyl adjacent to an activating group) is 1. The fourth-order valence-corrected chi connectivity index (χ4v) is 1.39. The molecule has 0 aromatic rings. The normalized spacial score (nSPS) is 18.3. The van der Waals surface area contributed by atoms with Gasteiger partial charge in [0.2, 0.25) is 0 Å². The Morgan fingerprint density at radius 1 is 1.31 bits per heavy atom. The molecule has 0 radical (unpaired) electrons. The highest BCUT2D eigenvalue weighted by molar-refractivity contribution is 7.80. The first-order chi connectivity index (χ1) is 6.16. The molecule has 1 rings (SSSR count). The van der Waals surface area contributed by atoms with Crippen LogP contribution in [-0.2, 0) is 9.59 Å². The summed E-state index contributed by atoms with van der Waals surface area (Å²) in [5.41, 5.74) is 0. The van der Waals surface area contributed by atoms with Crippen molar-refractivity contribution in [2.75, 3.05) is 32.4 Å². The van der Waals surface area contributed by atoms with Crippen LogP contribution in [0.25, 0.3) is 0 Å². The van der Waals surface area contributed by atoms with Crippen LogP contribution in [0.3, 0.4) is 0 Å². The maximum absolute atomic E-state index is 11.4. The van der Waals surface area contributed by atoms with Crippen molar-refractivity contribution in [3.8, 4) is 0 Å². The monoisotopic (exact) mass is 202 g/mol. The van der Waals surface area contributed by atoms with E-state index in [0.29, 0.717) is 19.6 Å². The van der Waals surface area contributed by atoms with Gasteiger partial charge < -0.3 is 9.80 Å². The predicted molar refractivity (Wildman–Crippen MR) is 52.7 cm³/mol. The largest absolute Gasteiger partial charge is 0.336 e. The lowest BCUT2D eigenvalue weighted by Gasteiger charge is -2.31. The Labute approximate surface area is 83.3 Å². The molecule has 2 amide bonds. The van der Waals surface area contributed by atoms with Gasteiger partial charge in [-0.3, -0.25) is 9.59 Å². The molecular formula is C8H14N2O2S. The molecule has 1 heterocycles. The van der Waals surface area contributed by atoms with Crippen molar-refractivity contribution >= 4 is 24.4 Å². The fourth-order valence-electron chi connectivity index (χ4n) is 1.25. The summed E-state index contributed by atoms with van der Waals surface area (Å²) in [5, 5.41) is 0. The average Bonchev–Trinajstić information content (AvgIpc) is 2.13. The highest BCUT2D eigenvalue weighted by Crippen LogP contribution is 2.03. The third-order valence-corrected chi connectivity index (χ3v) is 2.42. The third kappa shape index (κ3) is 2.37. The zero-order chi connectivity index (χ0) is 9.84. The van der Waals surface area contributed by atoms with Gasteiger partial charge in [0.15, 0.2) is 0 Å². The molecule has 0 bridgehead atoms. The van der Waals surface area contributed by atoms with Gasteiger partial charge in [-0.25, -0.2) is 0 Å². The van der Waals surface area contributed by atoms with E-state index in [2.05, 4.69) is 12.6 Å². The van der Waals surface area contributed by atoms with E-state index >= 15 is 0 Å². The summed E-state index contributed by atoms with van der Waals surface area (Å²) >= 11 is 4.06. The van der Waals surface area contributed by atoms with E-state index in [4.69, 9.17) is 0 Å². The van der Waals surface area contributed by atoms with E-state index in [1.54, 1.807) is 11.9 Å². The number of thiol groups is 1. The molecule has 0 aliphatic carbocycles. The van der Waals surface area contributed by atoms with Crippen LogP contribution in [0.4, 0.5) is 0 Å². The highest BCUT2D eigenvalue weighted by Gasteiger charge is 2.29. The molecule has 0 unspecified atom stereocenters. The molecule has 0 N–H and O–H groups in total. The summed E-state index contributed by atoms with van der Waals surface area (Å²) in [4.78, 5) is 25.6. The Kier molecular flexibility index (Phi) is 3.59. The number of piperazine rings is 1. The minimum absolute atomic E-state index is 0.379. The minimum Gasteiger partial charge on any atom is -0.336 e. The summed E-state index contributed by atoms with van der Waals surface area (Å²) in [6, 6.07) is 0. The first kappa shape index (κ1) is 10.4. The molecule has 0 aromatic carbocycles. The van der Waals surface area contributed by atoms with Crippen molar-refractivity contribution in [3.05, 3.63) is 0 Å². The summed E-state index contributed by atoms with van der Waals surface area (Å²) in [5.74, 6) is -0.0330. The number of rotatable bonds is 3. The van der Waals surface area contributed by atoms with Gasteiger partial charge in [-0.05, 0) is 12.2 Å².